The van der Waals surface area contributed by atoms with Crippen LogP contribution in [0.25, 0.3) is 0 Å². The lowest BCUT2D eigenvalue weighted by atomic mass is 9.96. The predicted molar refractivity (Wildman–Crippen MR) is 123 cm³/mol. The molecule has 0 atom stereocenters. The first-order valence-corrected chi connectivity index (χ1v) is 13.1. The summed E-state index contributed by atoms with van der Waals surface area (Å²) in [7, 11) is 0. The summed E-state index contributed by atoms with van der Waals surface area (Å²) in [5.74, 6) is -0.541. The third-order valence-electron chi connectivity index (χ3n) is 6.14. The molecule has 0 saturated heterocycles. The van der Waals surface area contributed by atoms with Gasteiger partial charge in [0.05, 0.1) is 19.4 Å². The Bertz CT molecular complexity index is 417. The summed E-state index contributed by atoms with van der Waals surface area (Å²) < 4.78 is 10.4. The number of carbonyl (C=O) groups excluding carboxylic acids is 2. The predicted octanol–water partition coefficient (Wildman–Crippen LogP) is 7.67. The van der Waals surface area contributed by atoms with E-state index in [4.69, 9.17) is 9.47 Å². The molecule has 0 aromatic carbocycles. The molecule has 1 saturated carbocycles. The van der Waals surface area contributed by atoms with Gasteiger partial charge in [-0.25, -0.2) is 0 Å². The Balaban J connectivity index is 1.72. The van der Waals surface area contributed by atoms with Gasteiger partial charge in [-0.1, -0.05) is 103 Å². The maximum atomic E-state index is 11.6. The lowest BCUT2D eigenvalue weighted by molar-refractivity contribution is -0.156. The van der Waals surface area contributed by atoms with E-state index in [1.165, 1.54) is 89.9 Å². The zero-order valence-corrected chi connectivity index (χ0v) is 19.8. The third-order valence-corrected chi connectivity index (χ3v) is 6.14. The van der Waals surface area contributed by atoms with Crippen LogP contribution in [0.4, 0.5) is 0 Å². The summed E-state index contributed by atoms with van der Waals surface area (Å²) in [6.45, 7) is 2.76. The minimum Gasteiger partial charge on any atom is -0.466 e. The zero-order valence-electron chi connectivity index (χ0n) is 19.8. The summed E-state index contributed by atoms with van der Waals surface area (Å²) in [4.78, 5) is 23.2. The molecule has 0 aliphatic heterocycles. The lowest BCUT2D eigenvalue weighted by Crippen LogP contribution is -2.25. The molecule has 4 heteroatoms. The molecule has 1 rings (SSSR count). The van der Waals surface area contributed by atoms with Gasteiger partial charge in [0.1, 0.15) is 6.10 Å². The van der Waals surface area contributed by atoms with E-state index in [0.717, 1.165) is 32.1 Å². The molecule has 0 heterocycles. The van der Waals surface area contributed by atoms with Gasteiger partial charge >= 0.3 is 11.9 Å². The normalized spacial score (nSPS) is 13.8. The van der Waals surface area contributed by atoms with Crippen molar-refractivity contribution in [2.24, 2.45) is 0 Å². The van der Waals surface area contributed by atoms with Crippen molar-refractivity contribution < 1.29 is 19.1 Å². The number of ether oxygens (including phenoxy) is 2. The molecule has 4 nitrogen and oxygen atoms in total. The first-order valence-electron chi connectivity index (χ1n) is 13.1. The average Bonchev–Trinajstić information content (AvgIpc) is 2.71. The van der Waals surface area contributed by atoms with Crippen LogP contribution < -0.4 is 0 Å². The van der Waals surface area contributed by atoms with Gasteiger partial charge in [0.25, 0.3) is 0 Å². The van der Waals surface area contributed by atoms with Gasteiger partial charge in [-0.2, -0.15) is 0 Å². The second kappa shape index (κ2) is 19.9. The number of rotatable bonds is 21. The lowest BCUT2D eigenvalue weighted by Gasteiger charge is -2.24. The highest BCUT2D eigenvalue weighted by atomic mass is 16.5. The van der Waals surface area contributed by atoms with Crippen molar-refractivity contribution in [3.8, 4) is 0 Å². The Labute approximate surface area is 185 Å². The van der Waals surface area contributed by atoms with Crippen LogP contribution in [0.5, 0.6) is 0 Å². The second-order valence-electron chi connectivity index (χ2n) is 9.07. The smallest absolute Gasteiger partial charge is 0.306 e. The molecule has 0 spiro atoms. The Hall–Kier alpha value is -1.06. The minimum atomic E-state index is -0.276. The van der Waals surface area contributed by atoms with Crippen molar-refractivity contribution in [2.45, 2.75) is 148 Å². The van der Waals surface area contributed by atoms with Crippen molar-refractivity contribution in [3.05, 3.63) is 0 Å². The maximum Gasteiger partial charge on any atom is 0.306 e. The van der Waals surface area contributed by atoms with Crippen molar-refractivity contribution in [3.63, 3.8) is 0 Å². The average molecular weight is 425 g/mol. The van der Waals surface area contributed by atoms with Crippen LogP contribution in [-0.4, -0.2) is 24.6 Å². The molecule has 1 fully saturated rings. The molecule has 0 bridgehead atoms. The number of hydrogen-bond acceptors (Lipinski definition) is 4. The topological polar surface area (TPSA) is 52.6 Å². The molecule has 0 amide bonds. The van der Waals surface area contributed by atoms with Crippen LogP contribution in [0, 0.1) is 0 Å². The highest BCUT2D eigenvalue weighted by Crippen LogP contribution is 2.22. The Morgan fingerprint density at radius 2 is 1.07 bits per heavy atom. The van der Waals surface area contributed by atoms with Crippen LogP contribution in [0.1, 0.15) is 142 Å². The first-order chi connectivity index (χ1) is 14.7. The SMILES string of the molecule is CCCCCCCCCCCCCCCCCCOC(=O)CCC(=O)OC1CCC1. The van der Waals surface area contributed by atoms with Crippen LogP contribution >= 0.6 is 0 Å². The molecule has 30 heavy (non-hydrogen) atoms. The van der Waals surface area contributed by atoms with Crippen molar-refractivity contribution >= 4 is 11.9 Å². The highest BCUT2D eigenvalue weighted by molar-refractivity contribution is 5.77. The van der Waals surface area contributed by atoms with E-state index in [0.29, 0.717) is 6.61 Å². The fraction of sp³-hybridized carbons (Fsp3) is 0.923. The van der Waals surface area contributed by atoms with Crippen molar-refractivity contribution in [1.29, 1.82) is 0 Å². The van der Waals surface area contributed by atoms with Crippen molar-refractivity contribution in [2.75, 3.05) is 6.61 Å². The number of carbonyl (C=O) groups is 2. The number of unbranched alkanes of at least 4 members (excludes halogenated alkanes) is 15. The van der Waals surface area contributed by atoms with Crippen LogP contribution in [0.3, 0.4) is 0 Å². The Morgan fingerprint density at radius 3 is 1.50 bits per heavy atom. The molecule has 0 unspecified atom stereocenters. The largest absolute Gasteiger partial charge is 0.466 e. The highest BCUT2D eigenvalue weighted by Gasteiger charge is 2.21. The van der Waals surface area contributed by atoms with E-state index in [-0.39, 0.29) is 30.9 Å². The van der Waals surface area contributed by atoms with Gasteiger partial charge in [0.2, 0.25) is 0 Å². The molecule has 1 aliphatic rings. The molecule has 0 N–H and O–H groups in total. The number of hydrogen-bond donors (Lipinski definition) is 0. The maximum absolute atomic E-state index is 11.6. The van der Waals surface area contributed by atoms with Gasteiger partial charge < -0.3 is 9.47 Å². The minimum absolute atomic E-state index is 0.0960. The quantitative estimate of drug-likeness (QED) is 0.140. The van der Waals surface area contributed by atoms with E-state index in [1.807, 2.05) is 0 Å². The zero-order chi connectivity index (χ0) is 21.7. The Kier molecular flexibility index (Phi) is 17.9. The van der Waals surface area contributed by atoms with E-state index < -0.39 is 0 Å². The monoisotopic (exact) mass is 424 g/mol. The third kappa shape index (κ3) is 16.7. The van der Waals surface area contributed by atoms with Crippen molar-refractivity contribution in [1.82, 2.24) is 0 Å². The molecular weight excluding hydrogens is 376 g/mol. The summed E-state index contributed by atoms with van der Waals surface area (Å²) in [5, 5.41) is 0. The molecule has 0 aromatic rings. The van der Waals surface area contributed by atoms with Crippen LogP contribution in [0.15, 0.2) is 0 Å². The summed E-state index contributed by atoms with van der Waals surface area (Å²) in [6, 6.07) is 0. The Morgan fingerprint density at radius 1 is 0.633 bits per heavy atom. The first kappa shape index (κ1) is 27.0. The molecule has 0 radical (unpaired) electrons. The van der Waals surface area contributed by atoms with E-state index >= 15 is 0 Å². The molecule has 0 aromatic heterocycles. The summed E-state index contributed by atoms with van der Waals surface area (Å²) >= 11 is 0. The van der Waals surface area contributed by atoms with Gasteiger partial charge in [0, 0.05) is 0 Å². The second-order valence-corrected chi connectivity index (χ2v) is 9.07. The van der Waals surface area contributed by atoms with Gasteiger partial charge in [-0.05, 0) is 25.7 Å². The van der Waals surface area contributed by atoms with Crippen LogP contribution in [-0.2, 0) is 19.1 Å². The summed E-state index contributed by atoms with van der Waals surface area (Å²) in [6.07, 6.45) is 24.8. The van der Waals surface area contributed by atoms with Gasteiger partial charge in [-0.3, -0.25) is 9.59 Å². The molecular formula is C26H48O4. The van der Waals surface area contributed by atoms with Gasteiger partial charge in [-0.15, -0.1) is 0 Å². The fourth-order valence-electron chi connectivity index (χ4n) is 3.85. The summed E-state index contributed by atoms with van der Waals surface area (Å²) in [5.41, 5.74) is 0. The fourth-order valence-corrected chi connectivity index (χ4v) is 3.85. The van der Waals surface area contributed by atoms with E-state index in [2.05, 4.69) is 6.92 Å². The van der Waals surface area contributed by atoms with Gasteiger partial charge in [0.15, 0.2) is 0 Å². The standard InChI is InChI=1S/C26H48O4/c1-2-3-4-5-6-7-8-9-10-11-12-13-14-15-16-17-23-29-25(27)21-22-26(28)30-24-19-18-20-24/h24H,2-23H2,1H3. The van der Waals surface area contributed by atoms with Crippen LogP contribution in [0.2, 0.25) is 0 Å². The molecule has 176 valence electrons. The number of esters is 2. The van der Waals surface area contributed by atoms with E-state index in [9.17, 15) is 9.59 Å². The van der Waals surface area contributed by atoms with E-state index in [1.54, 1.807) is 0 Å². The molecule has 1 aliphatic carbocycles.